The van der Waals surface area contributed by atoms with Crippen molar-refractivity contribution in [2.24, 2.45) is 16.7 Å². The van der Waals surface area contributed by atoms with Crippen molar-refractivity contribution < 1.29 is 66.6 Å². The van der Waals surface area contributed by atoms with Crippen molar-refractivity contribution in [2.45, 2.75) is 143 Å². The quantitative estimate of drug-likeness (QED) is 0.187. The zero-order valence-electron chi connectivity index (χ0n) is 28.0. The van der Waals surface area contributed by atoms with E-state index in [0.717, 1.165) is 70.1 Å². The standard InChI is InChI=1S/C33H53N4O7.Y/c1-7-14-23(26(39)21(3)38)34-29(41)25-20(2)33(17-12-9-13-18-33)19-37(25)30(42)27(32(4,5)6)36-28(40)24(35-31(43)44)22-15-10-8-11-16-22;/h22-25,27,35H,7-19H2,1-6H3,(H,34,41)(H,36,40)(H,43,44);/q-1;+3. The number of hydrogen-bond donors (Lipinski definition) is 4. The molecule has 4 unspecified atom stereocenters. The van der Waals surface area contributed by atoms with Gasteiger partial charge < -0.3 is 26.0 Å². The summed E-state index contributed by atoms with van der Waals surface area (Å²) in [4.78, 5) is 80.1. The molecule has 4 atom stereocenters. The number of nitrogens with one attached hydrogen (secondary N) is 3. The fourth-order valence-electron chi connectivity index (χ4n) is 7.49. The maximum atomic E-state index is 14.5. The van der Waals surface area contributed by atoms with E-state index in [1.807, 2.05) is 34.6 Å². The molecule has 0 aromatic rings. The van der Waals surface area contributed by atoms with Gasteiger partial charge in [-0.25, -0.2) is 4.79 Å². The predicted octanol–water partition coefficient (Wildman–Crippen LogP) is 3.93. The van der Waals surface area contributed by atoms with Gasteiger partial charge in [-0.15, -0.1) is 5.41 Å². The van der Waals surface area contributed by atoms with E-state index in [9.17, 15) is 33.9 Å². The SMILES string of the molecule is CCCC(NC(=O)C1[C-](C)C2(CCCCC2)CN1C(=O)C(NC(=O)C(NC(=O)O)C1CCCCC1)C(C)(C)C)C(=O)C(C)=O.[Y+3]. The van der Waals surface area contributed by atoms with E-state index in [1.54, 1.807) is 4.90 Å². The summed E-state index contributed by atoms with van der Waals surface area (Å²) in [5, 5.41) is 17.6. The van der Waals surface area contributed by atoms with Gasteiger partial charge in [0.05, 0.1) is 6.04 Å². The summed E-state index contributed by atoms with van der Waals surface area (Å²) >= 11 is 0. The molecule has 248 valence electrons. The molecule has 45 heavy (non-hydrogen) atoms. The van der Waals surface area contributed by atoms with Gasteiger partial charge in [0, 0.05) is 6.92 Å². The summed E-state index contributed by atoms with van der Waals surface area (Å²) in [6.07, 6.45) is 8.54. The molecule has 4 amide bonds. The van der Waals surface area contributed by atoms with Crippen LogP contribution in [0.5, 0.6) is 0 Å². The van der Waals surface area contributed by atoms with Crippen LogP contribution in [0.4, 0.5) is 4.79 Å². The Morgan fingerprint density at radius 3 is 2.02 bits per heavy atom. The molecule has 0 radical (unpaired) electrons. The fourth-order valence-corrected chi connectivity index (χ4v) is 7.49. The van der Waals surface area contributed by atoms with Crippen LogP contribution in [-0.4, -0.2) is 76.1 Å². The molecular weight excluding hydrogens is 653 g/mol. The molecule has 11 nitrogen and oxygen atoms in total. The number of rotatable bonds is 11. The zero-order chi connectivity index (χ0) is 32.8. The minimum absolute atomic E-state index is 0. The Bertz CT molecular complexity index is 1100. The molecule has 3 aliphatic rings. The van der Waals surface area contributed by atoms with E-state index in [-0.39, 0.29) is 44.0 Å². The normalized spacial score (nSPS) is 22.4. The van der Waals surface area contributed by atoms with Gasteiger partial charge >= 0.3 is 38.8 Å². The van der Waals surface area contributed by atoms with Crippen molar-refractivity contribution in [3.63, 3.8) is 0 Å². The van der Waals surface area contributed by atoms with E-state index < -0.39 is 65.0 Å². The molecule has 3 rings (SSSR count). The second-order valence-corrected chi connectivity index (χ2v) is 14.3. The second kappa shape index (κ2) is 16.8. The molecule has 12 heteroatoms. The van der Waals surface area contributed by atoms with Crippen molar-refractivity contribution in [1.29, 1.82) is 0 Å². The average molecular weight is 707 g/mol. The molecule has 0 aromatic heterocycles. The summed E-state index contributed by atoms with van der Waals surface area (Å²) in [7, 11) is 0. The largest absolute Gasteiger partial charge is 3.00 e. The predicted molar refractivity (Wildman–Crippen MR) is 165 cm³/mol. The maximum Gasteiger partial charge on any atom is 3.00 e. The molecule has 3 fully saturated rings. The van der Waals surface area contributed by atoms with E-state index in [1.165, 1.54) is 6.92 Å². The zero-order valence-corrected chi connectivity index (χ0v) is 30.8. The van der Waals surface area contributed by atoms with Crippen molar-refractivity contribution in [2.75, 3.05) is 6.54 Å². The minimum atomic E-state index is -1.29. The molecule has 4 N–H and O–H groups in total. The summed E-state index contributed by atoms with van der Waals surface area (Å²) in [6.45, 7) is 10.8. The number of hydrogen-bond acceptors (Lipinski definition) is 6. The Labute approximate surface area is 293 Å². The number of carbonyl (C=O) groups excluding carboxylic acids is 5. The number of nitrogens with zero attached hydrogens (tertiary/aromatic N) is 1. The van der Waals surface area contributed by atoms with E-state index in [2.05, 4.69) is 16.0 Å². The summed E-state index contributed by atoms with van der Waals surface area (Å²) in [5.74, 6) is -2.08. The van der Waals surface area contributed by atoms with Crippen LogP contribution in [0.15, 0.2) is 0 Å². The van der Waals surface area contributed by atoms with Crippen LogP contribution in [0.3, 0.4) is 0 Å². The van der Waals surface area contributed by atoms with Gasteiger partial charge in [0.15, 0.2) is 5.78 Å². The number of likely N-dealkylation sites (tertiary alicyclic amines) is 1. The van der Waals surface area contributed by atoms with Gasteiger partial charge in [-0.3, -0.25) is 29.9 Å². The molecule has 0 bridgehead atoms. The number of amides is 4. The third-order valence-electron chi connectivity index (χ3n) is 10.0. The van der Waals surface area contributed by atoms with Gasteiger partial charge in [0.1, 0.15) is 12.1 Å². The maximum absolute atomic E-state index is 14.5. The van der Waals surface area contributed by atoms with Crippen LogP contribution in [0, 0.1) is 22.7 Å². The van der Waals surface area contributed by atoms with Crippen molar-refractivity contribution in [3.05, 3.63) is 5.92 Å². The average Bonchev–Trinajstić information content (AvgIpc) is 3.24. The van der Waals surface area contributed by atoms with Gasteiger partial charge in [0.25, 0.3) is 0 Å². The van der Waals surface area contributed by atoms with Crippen LogP contribution >= 0.6 is 0 Å². The molecule has 1 spiro atoms. The van der Waals surface area contributed by atoms with Crippen LogP contribution < -0.4 is 16.0 Å². The third kappa shape index (κ3) is 9.58. The van der Waals surface area contributed by atoms with Gasteiger partial charge in [-0.05, 0) is 43.2 Å². The molecule has 1 aliphatic heterocycles. The molecule has 1 saturated heterocycles. The topological polar surface area (TPSA) is 162 Å². The van der Waals surface area contributed by atoms with Crippen LogP contribution in [0.25, 0.3) is 0 Å². The van der Waals surface area contributed by atoms with Crippen molar-refractivity contribution in [1.82, 2.24) is 20.9 Å². The third-order valence-corrected chi connectivity index (χ3v) is 10.0. The Morgan fingerprint density at radius 1 is 0.933 bits per heavy atom. The molecule has 0 aromatic carbocycles. The smallest absolute Gasteiger partial charge is 0.465 e. The van der Waals surface area contributed by atoms with Gasteiger partial charge in [0.2, 0.25) is 23.5 Å². The van der Waals surface area contributed by atoms with Crippen LogP contribution in [0.2, 0.25) is 0 Å². The monoisotopic (exact) mass is 706 g/mol. The van der Waals surface area contributed by atoms with Crippen molar-refractivity contribution >= 4 is 35.4 Å². The molecule has 2 aliphatic carbocycles. The Morgan fingerprint density at radius 2 is 1.51 bits per heavy atom. The van der Waals surface area contributed by atoms with E-state index in [4.69, 9.17) is 0 Å². The summed E-state index contributed by atoms with van der Waals surface area (Å²) in [6, 6.07) is -3.97. The Kier molecular flexibility index (Phi) is 14.7. The number of carbonyl (C=O) groups is 6. The van der Waals surface area contributed by atoms with E-state index in [0.29, 0.717) is 19.4 Å². The van der Waals surface area contributed by atoms with Crippen molar-refractivity contribution in [3.8, 4) is 0 Å². The van der Waals surface area contributed by atoms with Crippen LogP contribution in [-0.2, 0) is 56.7 Å². The molecule has 2 saturated carbocycles. The fraction of sp³-hybridized carbons (Fsp3) is 0.788. The number of carboxylic acid groups (broad SMARTS) is 1. The Balaban J connectivity index is 0.00000705. The van der Waals surface area contributed by atoms with Gasteiger partial charge in [-0.1, -0.05) is 85.5 Å². The second-order valence-electron chi connectivity index (χ2n) is 14.3. The molecule has 1 heterocycles. The first kappa shape index (κ1) is 39.3. The summed E-state index contributed by atoms with van der Waals surface area (Å²) in [5.41, 5.74) is -1.12. The van der Waals surface area contributed by atoms with Gasteiger partial charge in [-0.2, -0.15) is 6.92 Å². The first-order valence-electron chi connectivity index (χ1n) is 16.4. The number of ketones is 2. The molecular formula is C33H53N4O7Y+2. The summed E-state index contributed by atoms with van der Waals surface area (Å²) < 4.78 is 0. The number of Topliss-reactive ketones (excluding diaryl/α,β-unsaturated/α-hetero) is 2. The first-order chi connectivity index (χ1) is 20.6. The van der Waals surface area contributed by atoms with E-state index >= 15 is 0 Å². The van der Waals surface area contributed by atoms with Crippen LogP contribution in [0.1, 0.15) is 119 Å². The minimum Gasteiger partial charge on any atom is -0.465 e. The Hall–Kier alpha value is -1.88. The first-order valence-corrected chi connectivity index (χ1v) is 16.4.